The van der Waals surface area contributed by atoms with Crippen molar-refractivity contribution < 1.29 is 9.59 Å². The molecule has 1 aromatic carbocycles. The summed E-state index contributed by atoms with van der Waals surface area (Å²) < 4.78 is 0. The van der Waals surface area contributed by atoms with E-state index < -0.39 is 0 Å². The molecular formula is C13H19N3O2. The van der Waals surface area contributed by atoms with Gasteiger partial charge in [-0.05, 0) is 30.5 Å². The molecule has 0 radical (unpaired) electrons. The minimum absolute atomic E-state index is 0.113. The maximum Gasteiger partial charge on any atom is 0.251 e. The van der Waals surface area contributed by atoms with Crippen LogP contribution in [-0.4, -0.2) is 18.4 Å². The van der Waals surface area contributed by atoms with Gasteiger partial charge in [-0.2, -0.15) is 0 Å². The molecule has 0 saturated carbocycles. The third kappa shape index (κ3) is 4.97. The SMILES string of the molecule is NCc1ccc(C(=O)NCCCCC(N)=O)cc1. The van der Waals surface area contributed by atoms with E-state index in [4.69, 9.17) is 11.5 Å². The Morgan fingerprint density at radius 3 is 2.33 bits per heavy atom. The molecule has 0 aromatic heterocycles. The molecule has 5 N–H and O–H groups in total. The molecule has 0 fully saturated rings. The van der Waals surface area contributed by atoms with Crippen molar-refractivity contribution in [3.63, 3.8) is 0 Å². The molecule has 0 heterocycles. The summed E-state index contributed by atoms with van der Waals surface area (Å²) in [6.45, 7) is 1.01. The molecule has 5 nitrogen and oxygen atoms in total. The molecule has 2 amide bonds. The fraction of sp³-hybridized carbons (Fsp3) is 0.385. The fourth-order valence-corrected chi connectivity index (χ4v) is 1.52. The van der Waals surface area contributed by atoms with Gasteiger partial charge in [0.2, 0.25) is 5.91 Å². The first-order chi connectivity index (χ1) is 8.63. The number of nitrogens with one attached hydrogen (secondary N) is 1. The molecule has 5 heteroatoms. The minimum atomic E-state index is -0.307. The third-order valence-corrected chi connectivity index (χ3v) is 2.59. The van der Waals surface area contributed by atoms with Crippen molar-refractivity contribution >= 4 is 11.8 Å². The van der Waals surface area contributed by atoms with Crippen LogP contribution >= 0.6 is 0 Å². The van der Waals surface area contributed by atoms with E-state index in [2.05, 4.69) is 5.32 Å². The number of rotatable bonds is 7. The van der Waals surface area contributed by atoms with Gasteiger partial charge in [0, 0.05) is 25.1 Å². The number of carbonyl (C=O) groups excluding carboxylic acids is 2. The number of carbonyl (C=O) groups is 2. The Kier molecular flexibility index (Phi) is 5.87. The number of hydrogen-bond donors (Lipinski definition) is 3. The van der Waals surface area contributed by atoms with Crippen molar-refractivity contribution in [2.75, 3.05) is 6.54 Å². The minimum Gasteiger partial charge on any atom is -0.370 e. The molecule has 18 heavy (non-hydrogen) atoms. The van der Waals surface area contributed by atoms with Gasteiger partial charge in [0.05, 0.1) is 0 Å². The van der Waals surface area contributed by atoms with Gasteiger partial charge in [-0.15, -0.1) is 0 Å². The first-order valence-electron chi connectivity index (χ1n) is 5.99. The number of benzene rings is 1. The van der Waals surface area contributed by atoms with E-state index in [0.717, 1.165) is 12.0 Å². The van der Waals surface area contributed by atoms with Crippen LogP contribution in [0.5, 0.6) is 0 Å². The lowest BCUT2D eigenvalue weighted by atomic mass is 10.1. The average Bonchev–Trinajstić information content (AvgIpc) is 2.38. The second kappa shape index (κ2) is 7.45. The second-order valence-corrected chi connectivity index (χ2v) is 4.08. The van der Waals surface area contributed by atoms with Crippen LogP contribution in [-0.2, 0) is 11.3 Å². The van der Waals surface area contributed by atoms with E-state index in [1.54, 1.807) is 12.1 Å². The summed E-state index contributed by atoms with van der Waals surface area (Å²) in [4.78, 5) is 22.2. The average molecular weight is 249 g/mol. The lowest BCUT2D eigenvalue weighted by molar-refractivity contribution is -0.118. The molecule has 0 spiro atoms. The van der Waals surface area contributed by atoms with Crippen molar-refractivity contribution in [1.29, 1.82) is 0 Å². The van der Waals surface area contributed by atoms with Crippen LogP contribution < -0.4 is 16.8 Å². The lowest BCUT2D eigenvalue weighted by Crippen LogP contribution is -2.24. The van der Waals surface area contributed by atoms with E-state index in [1.165, 1.54) is 0 Å². The molecule has 0 aliphatic heterocycles. The number of amides is 2. The molecule has 98 valence electrons. The molecule has 0 atom stereocenters. The Hall–Kier alpha value is -1.88. The maximum atomic E-state index is 11.7. The van der Waals surface area contributed by atoms with Crippen molar-refractivity contribution in [2.24, 2.45) is 11.5 Å². The quantitative estimate of drug-likeness (QED) is 0.615. The van der Waals surface area contributed by atoms with Crippen LogP contribution in [0.4, 0.5) is 0 Å². The topological polar surface area (TPSA) is 98.2 Å². The van der Waals surface area contributed by atoms with E-state index in [9.17, 15) is 9.59 Å². The fourth-order valence-electron chi connectivity index (χ4n) is 1.52. The highest BCUT2D eigenvalue weighted by atomic mass is 16.2. The molecule has 0 aliphatic carbocycles. The van der Waals surface area contributed by atoms with E-state index in [0.29, 0.717) is 31.5 Å². The van der Waals surface area contributed by atoms with Crippen molar-refractivity contribution in [3.05, 3.63) is 35.4 Å². The molecular weight excluding hydrogens is 230 g/mol. The summed E-state index contributed by atoms with van der Waals surface area (Å²) in [6.07, 6.45) is 1.80. The predicted octanol–water partition coefficient (Wildman–Crippen LogP) is 0.531. The van der Waals surface area contributed by atoms with Gasteiger partial charge in [0.1, 0.15) is 0 Å². The van der Waals surface area contributed by atoms with Gasteiger partial charge in [0.15, 0.2) is 0 Å². The summed E-state index contributed by atoms with van der Waals surface area (Å²) in [5.74, 6) is -0.420. The normalized spacial score (nSPS) is 10.1. The first kappa shape index (κ1) is 14.2. The van der Waals surface area contributed by atoms with Gasteiger partial charge >= 0.3 is 0 Å². The summed E-state index contributed by atoms with van der Waals surface area (Å²) in [6, 6.07) is 7.17. The highest BCUT2D eigenvalue weighted by Crippen LogP contribution is 2.03. The third-order valence-electron chi connectivity index (χ3n) is 2.59. The van der Waals surface area contributed by atoms with Crippen LogP contribution in [0, 0.1) is 0 Å². The smallest absolute Gasteiger partial charge is 0.251 e. The Morgan fingerprint density at radius 2 is 1.78 bits per heavy atom. The van der Waals surface area contributed by atoms with Gasteiger partial charge < -0.3 is 16.8 Å². The number of nitrogens with two attached hydrogens (primary N) is 2. The zero-order chi connectivity index (χ0) is 13.4. The van der Waals surface area contributed by atoms with Gasteiger partial charge in [0.25, 0.3) is 5.91 Å². The zero-order valence-electron chi connectivity index (χ0n) is 10.3. The summed E-state index contributed by atoms with van der Waals surface area (Å²) >= 11 is 0. The molecule has 0 unspecified atom stereocenters. The Bertz CT molecular complexity index is 401. The van der Waals surface area contributed by atoms with E-state index in [1.807, 2.05) is 12.1 Å². The standard InChI is InChI=1S/C13H19N3O2/c14-9-10-4-6-11(7-5-10)13(18)16-8-2-1-3-12(15)17/h4-7H,1-3,8-9,14H2,(H2,15,17)(H,16,18). The summed E-state index contributed by atoms with van der Waals surface area (Å²) in [7, 11) is 0. The largest absolute Gasteiger partial charge is 0.370 e. The maximum absolute atomic E-state index is 11.7. The van der Waals surface area contributed by atoms with Crippen molar-refractivity contribution in [3.8, 4) is 0 Å². The van der Waals surface area contributed by atoms with Gasteiger partial charge in [-0.25, -0.2) is 0 Å². The number of hydrogen-bond acceptors (Lipinski definition) is 3. The zero-order valence-corrected chi connectivity index (χ0v) is 10.3. The van der Waals surface area contributed by atoms with Crippen molar-refractivity contribution in [1.82, 2.24) is 5.32 Å². The van der Waals surface area contributed by atoms with Crippen LogP contribution in [0.2, 0.25) is 0 Å². The van der Waals surface area contributed by atoms with Gasteiger partial charge in [-0.1, -0.05) is 12.1 Å². The Balaban J connectivity index is 2.29. The number of unbranched alkanes of at least 4 members (excludes halogenated alkanes) is 1. The van der Waals surface area contributed by atoms with E-state index >= 15 is 0 Å². The number of primary amides is 1. The van der Waals surface area contributed by atoms with Crippen LogP contribution in [0.3, 0.4) is 0 Å². The molecule has 0 bridgehead atoms. The van der Waals surface area contributed by atoms with E-state index in [-0.39, 0.29) is 11.8 Å². The van der Waals surface area contributed by atoms with Crippen LogP contribution in [0.25, 0.3) is 0 Å². The van der Waals surface area contributed by atoms with Crippen LogP contribution in [0.15, 0.2) is 24.3 Å². The lowest BCUT2D eigenvalue weighted by Gasteiger charge is -2.05. The molecule has 1 aromatic rings. The molecule has 0 aliphatic rings. The first-order valence-corrected chi connectivity index (χ1v) is 5.99. The van der Waals surface area contributed by atoms with Gasteiger partial charge in [-0.3, -0.25) is 9.59 Å². The molecule has 0 saturated heterocycles. The summed E-state index contributed by atoms with van der Waals surface area (Å²) in [5, 5.41) is 2.79. The van der Waals surface area contributed by atoms with Crippen molar-refractivity contribution in [2.45, 2.75) is 25.8 Å². The second-order valence-electron chi connectivity index (χ2n) is 4.08. The highest BCUT2D eigenvalue weighted by molar-refractivity contribution is 5.94. The highest BCUT2D eigenvalue weighted by Gasteiger charge is 2.04. The Labute approximate surface area is 107 Å². The predicted molar refractivity (Wildman–Crippen MR) is 69.7 cm³/mol. The Morgan fingerprint density at radius 1 is 1.11 bits per heavy atom. The monoisotopic (exact) mass is 249 g/mol. The molecule has 1 rings (SSSR count). The summed E-state index contributed by atoms with van der Waals surface area (Å²) in [5.41, 5.74) is 12.1. The van der Waals surface area contributed by atoms with Crippen LogP contribution in [0.1, 0.15) is 35.2 Å².